The summed E-state index contributed by atoms with van der Waals surface area (Å²) in [4.78, 5) is 15.4. The molecule has 1 rings (SSSR count). The zero-order valence-electron chi connectivity index (χ0n) is 9.89. The van der Waals surface area contributed by atoms with E-state index in [2.05, 4.69) is 12.6 Å². The van der Waals surface area contributed by atoms with E-state index in [1.54, 1.807) is 4.90 Å². The molecule has 0 radical (unpaired) electrons. The molecular weight excluding hydrogens is 267 g/mol. The molecule has 94 valence electrons. The third-order valence-corrected chi connectivity index (χ3v) is 2.74. The van der Waals surface area contributed by atoms with Gasteiger partial charge >= 0.3 is 35.7 Å². The summed E-state index contributed by atoms with van der Waals surface area (Å²) in [6.07, 6.45) is -0.253. The van der Waals surface area contributed by atoms with Crippen molar-refractivity contribution in [2.45, 2.75) is 26.4 Å². The maximum absolute atomic E-state index is 11.7. The summed E-state index contributed by atoms with van der Waals surface area (Å²) in [5.74, 6) is 0. The number of rotatable bonds is 0. The standard InChI is InChI=1S/C10H18N2O2S2.Na.H/c1-10(2,3)14-8(13)11-4-6-12(7-5-11)9(15)16;;/h4-7H2,1-3H3,(H,15,16);;. The number of carbonyl (C=O) groups excluding carboxylic acids is 1. The molecule has 0 aromatic rings. The minimum atomic E-state index is -0.437. The summed E-state index contributed by atoms with van der Waals surface area (Å²) in [7, 11) is 0. The molecule has 1 heterocycles. The fourth-order valence-corrected chi connectivity index (χ4v) is 1.79. The van der Waals surface area contributed by atoms with Crippen LogP contribution in [-0.2, 0) is 4.74 Å². The van der Waals surface area contributed by atoms with Gasteiger partial charge in [0.2, 0.25) is 0 Å². The summed E-state index contributed by atoms with van der Waals surface area (Å²) in [5.41, 5.74) is -0.437. The molecule has 0 atom stereocenters. The number of carbonyl (C=O) groups is 1. The van der Waals surface area contributed by atoms with Crippen LogP contribution in [-0.4, -0.2) is 81.6 Å². The van der Waals surface area contributed by atoms with E-state index in [-0.39, 0.29) is 35.7 Å². The van der Waals surface area contributed by atoms with Crippen molar-refractivity contribution in [3.8, 4) is 0 Å². The Morgan fingerprint density at radius 2 is 1.59 bits per heavy atom. The van der Waals surface area contributed by atoms with Gasteiger partial charge < -0.3 is 14.5 Å². The van der Waals surface area contributed by atoms with Gasteiger partial charge in [-0.15, -0.1) is 12.6 Å². The van der Waals surface area contributed by atoms with Crippen molar-refractivity contribution < 1.29 is 9.53 Å². The van der Waals surface area contributed by atoms with Gasteiger partial charge in [0.15, 0.2) is 0 Å². The number of ether oxygens (including phenoxy) is 1. The van der Waals surface area contributed by atoms with Crippen LogP contribution in [0.25, 0.3) is 0 Å². The molecule has 0 aromatic heterocycles. The predicted molar refractivity (Wildman–Crippen MR) is 78.1 cm³/mol. The van der Waals surface area contributed by atoms with Crippen molar-refractivity contribution >= 4 is 64.8 Å². The molecule has 0 spiro atoms. The Hall–Kier alpha value is 0.510. The molecule has 1 aliphatic rings. The summed E-state index contributed by atoms with van der Waals surface area (Å²) in [6, 6.07) is 0. The summed E-state index contributed by atoms with van der Waals surface area (Å²) >= 11 is 9.08. The van der Waals surface area contributed by atoms with Crippen LogP contribution in [0.4, 0.5) is 4.79 Å². The number of piperazine rings is 1. The summed E-state index contributed by atoms with van der Waals surface area (Å²) < 4.78 is 5.88. The molecule has 1 amide bonds. The van der Waals surface area contributed by atoms with Crippen molar-refractivity contribution in [1.29, 1.82) is 0 Å². The Bertz CT molecular complexity index is 287. The molecular formula is C10H19N2NaO2S2. The van der Waals surface area contributed by atoms with E-state index in [1.807, 2.05) is 25.7 Å². The monoisotopic (exact) mass is 286 g/mol. The molecule has 0 aliphatic carbocycles. The average molecular weight is 286 g/mol. The van der Waals surface area contributed by atoms with Gasteiger partial charge in [0, 0.05) is 26.2 Å². The van der Waals surface area contributed by atoms with Crippen LogP contribution in [0.2, 0.25) is 0 Å². The third kappa shape index (κ3) is 6.29. The predicted octanol–water partition coefficient (Wildman–Crippen LogP) is 1.11. The number of thiocarbonyl (C=S) groups is 1. The van der Waals surface area contributed by atoms with Gasteiger partial charge in [-0.1, -0.05) is 12.2 Å². The topological polar surface area (TPSA) is 32.8 Å². The van der Waals surface area contributed by atoms with Gasteiger partial charge in [-0.25, -0.2) is 4.79 Å². The molecule has 0 aromatic carbocycles. The van der Waals surface area contributed by atoms with E-state index in [0.717, 1.165) is 13.1 Å². The van der Waals surface area contributed by atoms with Crippen molar-refractivity contribution in [1.82, 2.24) is 9.80 Å². The first-order valence-electron chi connectivity index (χ1n) is 5.25. The molecule has 17 heavy (non-hydrogen) atoms. The average Bonchev–Trinajstić information content (AvgIpc) is 2.15. The normalized spacial score (nSPS) is 16.2. The van der Waals surface area contributed by atoms with Crippen molar-refractivity contribution in [3.05, 3.63) is 0 Å². The van der Waals surface area contributed by atoms with E-state index < -0.39 is 5.60 Å². The van der Waals surface area contributed by atoms with Crippen molar-refractivity contribution in [3.63, 3.8) is 0 Å². The number of hydrogen-bond acceptors (Lipinski definition) is 3. The minimum absolute atomic E-state index is 0. The Balaban J connectivity index is 0.00000256. The summed E-state index contributed by atoms with van der Waals surface area (Å²) in [6.45, 7) is 8.31. The second-order valence-corrected chi connectivity index (χ2v) is 5.85. The van der Waals surface area contributed by atoms with E-state index >= 15 is 0 Å². The van der Waals surface area contributed by atoms with Crippen LogP contribution >= 0.6 is 24.8 Å². The molecule has 1 fully saturated rings. The van der Waals surface area contributed by atoms with Gasteiger partial charge in [-0.2, -0.15) is 0 Å². The van der Waals surface area contributed by atoms with E-state index in [0.29, 0.717) is 17.4 Å². The molecule has 1 aliphatic heterocycles. The van der Waals surface area contributed by atoms with Crippen LogP contribution in [0, 0.1) is 0 Å². The van der Waals surface area contributed by atoms with Crippen molar-refractivity contribution in [2.24, 2.45) is 0 Å². The Morgan fingerprint density at radius 1 is 1.18 bits per heavy atom. The summed E-state index contributed by atoms with van der Waals surface area (Å²) in [5, 5.41) is 0. The molecule has 7 heteroatoms. The second-order valence-electron chi connectivity index (χ2n) is 4.74. The van der Waals surface area contributed by atoms with Crippen LogP contribution in [0.5, 0.6) is 0 Å². The molecule has 0 saturated carbocycles. The van der Waals surface area contributed by atoms with E-state index in [9.17, 15) is 4.79 Å². The fourth-order valence-electron chi connectivity index (χ4n) is 1.41. The van der Waals surface area contributed by atoms with Crippen LogP contribution < -0.4 is 0 Å². The van der Waals surface area contributed by atoms with E-state index in [4.69, 9.17) is 17.0 Å². The molecule has 0 N–H and O–H groups in total. The van der Waals surface area contributed by atoms with Gasteiger partial charge in [-0.05, 0) is 20.8 Å². The van der Waals surface area contributed by atoms with Crippen LogP contribution in [0.1, 0.15) is 20.8 Å². The molecule has 0 bridgehead atoms. The van der Waals surface area contributed by atoms with Crippen LogP contribution in [0.3, 0.4) is 0 Å². The fraction of sp³-hybridized carbons (Fsp3) is 0.800. The molecule has 0 unspecified atom stereocenters. The Labute approximate surface area is 136 Å². The number of thiol groups is 1. The Kier molecular flexibility index (Phi) is 7.40. The zero-order valence-corrected chi connectivity index (χ0v) is 11.6. The zero-order chi connectivity index (χ0) is 12.3. The first-order valence-corrected chi connectivity index (χ1v) is 6.11. The number of hydrogen-bond donors (Lipinski definition) is 1. The SMILES string of the molecule is CC(C)(C)OC(=O)N1CCN(C(=S)S)CC1.[NaH]. The van der Waals surface area contributed by atoms with Gasteiger partial charge in [0.05, 0.1) is 0 Å². The first-order chi connectivity index (χ1) is 7.29. The maximum atomic E-state index is 11.7. The second kappa shape index (κ2) is 7.19. The van der Waals surface area contributed by atoms with Gasteiger partial charge in [-0.3, -0.25) is 0 Å². The third-order valence-electron chi connectivity index (χ3n) is 2.20. The molecule has 4 nitrogen and oxygen atoms in total. The number of nitrogens with zero attached hydrogens (tertiary/aromatic N) is 2. The molecule has 1 saturated heterocycles. The number of amides is 1. The van der Waals surface area contributed by atoms with Gasteiger partial charge in [0.25, 0.3) is 0 Å². The van der Waals surface area contributed by atoms with Crippen LogP contribution in [0.15, 0.2) is 0 Å². The van der Waals surface area contributed by atoms with Crippen molar-refractivity contribution in [2.75, 3.05) is 26.2 Å². The Morgan fingerprint density at radius 3 is 1.94 bits per heavy atom. The quantitative estimate of drug-likeness (QED) is 0.411. The first kappa shape index (κ1) is 17.5. The van der Waals surface area contributed by atoms with E-state index in [1.165, 1.54) is 0 Å². The van der Waals surface area contributed by atoms with Gasteiger partial charge in [0.1, 0.15) is 9.92 Å².